The Hall–Kier alpha value is -4.92. The van der Waals surface area contributed by atoms with E-state index in [9.17, 15) is 44.7 Å². The molecule has 14 heteroatoms. The fourth-order valence-electron chi connectivity index (χ4n) is 7.06. The van der Waals surface area contributed by atoms with Gasteiger partial charge in [-0.25, -0.2) is 0 Å². The number of benzene rings is 2. The monoisotopic (exact) mass is 739 g/mol. The second-order valence-corrected chi connectivity index (χ2v) is 14.1. The molecule has 2 aromatic carbocycles. The predicted octanol–water partition coefficient (Wildman–Crippen LogP) is 4.96. The number of hydrogen-bond donors (Lipinski definition) is 6. The zero-order chi connectivity index (χ0) is 39.7. The number of aldehydes is 1. The summed E-state index contributed by atoms with van der Waals surface area (Å²) < 4.78 is 23.2. The number of Topliss-reactive ketones (excluding diaryl/α,β-unsaturated/α-hetero) is 1. The van der Waals surface area contributed by atoms with Gasteiger partial charge in [-0.3, -0.25) is 19.2 Å². The lowest BCUT2D eigenvalue weighted by Gasteiger charge is -2.38. The van der Waals surface area contributed by atoms with Gasteiger partial charge >= 0.3 is 11.8 Å². The number of methoxy groups -OCH3 is 1. The summed E-state index contributed by atoms with van der Waals surface area (Å²) in [6.45, 7) is 12.4. The molecule has 288 valence electrons. The van der Waals surface area contributed by atoms with Crippen LogP contribution in [0.3, 0.4) is 0 Å². The number of phenolic OH excluding ortho intramolecular Hbond substituents is 3. The summed E-state index contributed by atoms with van der Waals surface area (Å²) in [7, 11) is 1.41. The van der Waals surface area contributed by atoms with Crippen molar-refractivity contribution in [3.8, 4) is 23.0 Å². The number of anilines is 1. The molecule has 0 saturated heterocycles. The highest BCUT2D eigenvalue weighted by molar-refractivity contribution is 6.23. The fourth-order valence-corrected chi connectivity index (χ4v) is 7.06. The first-order chi connectivity index (χ1) is 24.8. The molecule has 53 heavy (non-hydrogen) atoms. The number of fused-ring (bicyclic) bond motifs is 15. The number of carbonyl (C=O) groups is 4. The smallest absolute Gasteiger partial charge is 0.312 e. The molecule has 14 nitrogen and oxygen atoms in total. The molecule has 6 N–H and O–H groups in total. The van der Waals surface area contributed by atoms with Crippen LogP contribution in [0.25, 0.3) is 10.8 Å². The minimum atomic E-state index is -2.08. The van der Waals surface area contributed by atoms with E-state index in [1.54, 1.807) is 39.8 Å². The highest BCUT2D eigenvalue weighted by Gasteiger charge is 2.50. The Morgan fingerprint density at radius 1 is 0.981 bits per heavy atom. The lowest BCUT2D eigenvalue weighted by Crippen LogP contribution is -2.46. The van der Waals surface area contributed by atoms with Crippen molar-refractivity contribution in [2.45, 2.75) is 92.0 Å². The minimum absolute atomic E-state index is 0.000582. The normalized spacial score (nSPS) is 32.2. The SMILES string of the molecule is CO[C@H]1/C=C/O[C@@]2(C)Oc3c(C)c(O)c4c(O)c(c(C=O)c(O)c4c3C2=O)NC(=O)/C(C)=C\C=C\C[C@H](C)[C@H](O)[C@@H](C)[C@@H](O)[C@@H](C)[C@H](OC(C)=O)[C@@H]1C. The summed E-state index contributed by atoms with van der Waals surface area (Å²) in [6, 6.07) is 0. The highest BCUT2D eigenvalue weighted by atomic mass is 16.7. The molecule has 3 aliphatic rings. The Morgan fingerprint density at radius 2 is 1.64 bits per heavy atom. The number of amides is 1. The van der Waals surface area contributed by atoms with Crippen molar-refractivity contribution in [2.75, 3.05) is 12.4 Å². The molecule has 3 heterocycles. The number of esters is 1. The second kappa shape index (κ2) is 16.0. The fraction of sp³-hybridized carbons (Fsp3) is 0.487. The van der Waals surface area contributed by atoms with Gasteiger partial charge in [0.1, 0.15) is 23.4 Å². The Labute approximate surface area is 307 Å². The average Bonchev–Trinajstić information content (AvgIpc) is 3.38. The maximum absolute atomic E-state index is 14.1. The van der Waals surface area contributed by atoms with E-state index in [2.05, 4.69) is 5.32 Å². The van der Waals surface area contributed by atoms with E-state index in [1.165, 1.54) is 47.0 Å². The van der Waals surface area contributed by atoms with Gasteiger partial charge in [0.25, 0.3) is 11.7 Å². The van der Waals surface area contributed by atoms with Gasteiger partial charge in [0.2, 0.25) is 0 Å². The average molecular weight is 740 g/mol. The lowest BCUT2D eigenvalue weighted by molar-refractivity contribution is -0.160. The molecular formula is C39H49NO13. The first-order valence-electron chi connectivity index (χ1n) is 17.3. The van der Waals surface area contributed by atoms with Gasteiger partial charge in [-0.05, 0) is 32.3 Å². The molecule has 5 rings (SSSR count). The Balaban J connectivity index is 1.90. The van der Waals surface area contributed by atoms with Gasteiger partial charge in [0.05, 0.1) is 46.8 Å². The summed E-state index contributed by atoms with van der Waals surface area (Å²) in [5.74, 6) is -8.87. The summed E-state index contributed by atoms with van der Waals surface area (Å²) in [6.07, 6.45) is 4.14. The molecule has 0 radical (unpaired) electrons. The van der Waals surface area contributed by atoms with Gasteiger partial charge in [-0.2, -0.15) is 0 Å². The van der Waals surface area contributed by atoms with Crippen LogP contribution in [0.5, 0.6) is 23.0 Å². The third-order valence-corrected chi connectivity index (χ3v) is 10.4. The predicted molar refractivity (Wildman–Crippen MR) is 194 cm³/mol. The molecular weight excluding hydrogens is 690 g/mol. The zero-order valence-corrected chi connectivity index (χ0v) is 31.3. The van der Waals surface area contributed by atoms with Crippen LogP contribution >= 0.6 is 0 Å². The lowest BCUT2D eigenvalue weighted by atomic mass is 9.78. The molecule has 1 amide bonds. The van der Waals surface area contributed by atoms with E-state index >= 15 is 0 Å². The van der Waals surface area contributed by atoms with Crippen molar-refractivity contribution in [1.29, 1.82) is 0 Å². The Bertz CT molecular complexity index is 1880. The van der Waals surface area contributed by atoms with E-state index in [0.29, 0.717) is 6.42 Å². The number of nitrogens with one attached hydrogen (secondary N) is 1. The van der Waals surface area contributed by atoms with E-state index in [1.807, 2.05) is 0 Å². The molecule has 0 fully saturated rings. The van der Waals surface area contributed by atoms with Crippen molar-refractivity contribution in [2.24, 2.45) is 23.7 Å². The van der Waals surface area contributed by atoms with Crippen LogP contribution in [0.2, 0.25) is 0 Å². The van der Waals surface area contributed by atoms with Crippen LogP contribution in [0.1, 0.15) is 81.2 Å². The van der Waals surface area contributed by atoms with Crippen LogP contribution < -0.4 is 10.1 Å². The number of allylic oxidation sites excluding steroid dienone is 3. The quantitative estimate of drug-likeness (QED) is 0.106. The molecule has 9 atom stereocenters. The summed E-state index contributed by atoms with van der Waals surface area (Å²) >= 11 is 0. The zero-order valence-electron chi connectivity index (χ0n) is 31.3. The first kappa shape index (κ1) is 40.8. The number of ether oxygens (including phenoxy) is 4. The molecule has 0 saturated carbocycles. The number of ketones is 1. The molecule has 0 aliphatic carbocycles. The number of aromatic hydroxyl groups is 3. The van der Waals surface area contributed by atoms with E-state index in [0.717, 1.165) is 6.26 Å². The summed E-state index contributed by atoms with van der Waals surface area (Å²) in [5, 5.41) is 58.3. The third-order valence-electron chi connectivity index (χ3n) is 10.4. The van der Waals surface area contributed by atoms with Gasteiger partial charge in [-0.15, -0.1) is 0 Å². The number of rotatable bonds is 3. The van der Waals surface area contributed by atoms with Crippen LogP contribution in [0.15, 0.2) is 36.1 Å². The van der Waals surface area contributed by atoms with Crippen LogP contribution in [-0.4, -0.2) is 86.8 Å². The van der Waals surface area contributed by atoms with Gasteiger partial charge in [0, 0.05) is 55.2 Å². The van der Waals surface area contributed by atoms with Crippen molar-refractivity contribution < 1.29 is 63.7 Å². The van der Waals surface area contributed by atoms with Crippen molar-refractivity contribution in [3.63, 3.8) is 0 Å². The Morgan fingerprint density at radius 3 is 2.25 bits per heavy atom. The minimum Gasteiger partial charge on any atom is -0.507 e. The topological polar surface area (TPSA) is 218 Å². The maximum Gasteiger partial charge on any atom is 0.312 e. The number of carbonyl (C=O) groups excluding carboxylic acids is 4. The Kier molecular flexibility index (Phi) is 12.3. The van der Waals surface area contributed by atoms with Gasteiger partial charge in [0.15, 0.2) is 12.0 Å². The van der Waals surface area contributed by atoms with E-state index in [4.69, 9.17) is 18.9 Å². The number of aliphatic hydroxyl groups is 2. The first-order valence-corrected chi connectivity index (χ1v) is 17.3. The standard InChI is InChI=1S/C39H49NO13/c1-17-12-10-11-13-18(2)38(49)40-29-24(16-41)33(46)26-27(34(29)47)32(45)22(6)36-28(26)37(48)39(8,53-36)51-15-14-25(50-9)19(3)35(52-23(7)42)21(5)31(44)20(4)30(17)43/h10-11,13-17,19-21,25,30-31,35,43-47H,12H2,1-9H3,(H,40,49)/b11-10+,15-14+,18-13-/t17-,19+,20+,21+,25-,30-,31+,35+,39-/m0/s1. The molecule has 0 spiro atoms. The van der Waals surface area contributed by atoms with E-state index in [-0.39, 0.29) is 34.7 Å². The van der Waals surface area contributed by atoms with Crippen LogP contribution in [0, 0.1) is 30.6 Å². The van der Waals surface area contributed by atoms with Gasteiger partial charge < -0.3 is 49.8 Å². The number of aliphatic hydroxyl groups excluding tert-OH is 2. The number of phenols is 3. The van der Waals surface area contributed by atoms with Crippen molar-refractivity contribution >= 4 is 40.4 Å². The van der Waals surface area contributed by atoms with Crippen molar-refractivity contribution in [1.82, 2.24) is 0 Å². The highest BCUT2D eigenvalue weighted by Crippen LogP contribution is 2.55. The second-order valence-electron chi connectivity index (χ2n) is 14.1. The van der Waals surface area contributed by atoms with Crippen LogP contribution in [-0.2, 0) is 23.8 Å². The maximum atomic E-state index is 14.1. The number of hydrogen-bond acceptors (Lipinski definition) is 13. The van der Waals surface area contributed by atoms with E-state index < -0.39 is 105 Å². The molecule has 5 bridgehead atoms. The summed E-state index contributed by atoms with van der Waals surface area (Å²) in [4.78, 5) is 51.9. The molecule has 3 aliphatic heterocycles. The largest absolute Gasteiger partial charge is 0.507 e. The summed E-state index contributed by atoms with van der Waals surface area (Å²) in [5.41, 5.74) is -1.21. The van der Waals surface area contributed by atoms with Gasteiger partial charge in [-0.1, -0.05) is 45.9 Å². The van der Waals surface area contributed by atoms with Crippen LogP contribution in [0.4, 0.5) is 5.69 Å². The molecule has 0 aromatic heterocycles. The third kappa shape index (κ3) is 7.62. The molecule has 0 unspecified atom stereocenters. The van der Waals surface area contributed by atoms with Crippen molar-refractivity contribution in [3.05, 3.63) is 52.8 Å². The molecule has 2 aromatic rings.